The fourth-order valence-corrected chi connectivity index (χ4v) is 3.15. The van der Waals surface area contributed by atoms with Crippen molar-refractivity contribution < 1.29 is 14.0 Å². The van der Waals surface area contributed by atoms with E-state index in [0.29, 0.717) is 11.4 Å². The molecule has 3 rings (SSSR count). The molecule has 168 valence electrons. The van der Waals surface area contributed by atoms with Gasteiger partial charge in [-0.2, -0.15) is 0 Å². The van der Waals surface area contributed by atoms with E-state index in [1.807, 2.05) is 58.0 Å². The molecule has 0 unspecified atom stereocenters. The molecule has 0 spiro atoms. The Hall–Kier alpha value is -3.68. The van der Waals surface area contributed by atoms with Gasteiger partial charge in [0.1, 0.15) is 12.4 Å². The number of carbonyl (C=O) groups excluding carboxylic acids is 2. The summed E-state index contributed by atoms with van der Waals surface area (Å²) in [6.07, 6.45) is 1.78. The van der Waals surface area contributed by atoms with Gasteiger partial charge in [-0.25, -0.2) is 14.2 Å². The monoisotopic (exact) mass is 437 g/mol. The van der Waals surface area contributed by atoms with Gasteiger partial charge in [0.2, 0.25) is 11.9 Å². The van der Waals surface area contributed by atoms with E-state index in [1.165, 1.54) is 17.0 Å². The highest BCUT2D eigenvalue weighted by molar-refractivity contribution is 5.93. The summed E-state index contributed by atoms with van der Waals surface area (Å²) in [5, 5.41) is 5.62. The lowest BCUT2D eigenvalue weighted by Crippen LogP contribution is -2.49. The van der Waals surface area contributed by atoms with Crippen molar-refractivity contribution in [2.45, 2.75) is 39.8 Å². The number of amides is 3. The highest BCUT2D eigenvalue weighted by atomic mass is 19.1. The largest absolute Gasteiger partial charge is 0.336 e. The summed E-state index contributed by atoms with van der Waals surface area (Å²) >= 11 is 0. The molecule has 0 saturated heterocycles. The Bertz CT molecular complexity index is 1060. The normalized spacial score (nSPS) is 11.0. The van der Waals surface area contributed by atoms with Gasteiger partial charge < -0.3 is 10.2 Å². The minimum atomic E-state index is -0.383. The average Bonchev–Trinajstić information content (AvgIpc) is 3.16. The lowest BCUT2D eigenvalue weighted by atomic mass is 10.2. The van der Waals surface area contributed by atoms with Gasteiger partial charge in [0.25, 0.3) is 0 Å². The number of nitrogens with one attached hydrogen (secondary N) is 2. The lowest BCUT2D eigenvalue weighted by molar-refractivity contribution is -0.117. The zero-order valence-corrected chi connectivity index (χ0v) is 18.7. The van der Waals surface area contributed by atoms with Crippen molar-refractivity contribution in [1.82, 2.24) is 19.8 Å². The van der Waals surface area contributed by atoms with Crippen LogP contribution in [0, 0.1) is 5.82 Å². The Morgan fingerprint density at radius 1 is 1.03 bits per heavy atom. The molecule has 2 aromatic carbocycles. The summed E-state index contributed by atoms with van der Waals surface area (Å²) in [6, 6.07) is 14.9. The molecule has 2 N–H and O–H groups in total. The van der Waals surface area contributed by atoms with E-state index < -0.39 is 0 Å². The van der Waals surface area contributed by atoms with Crippen molar-refractivity contribution in [1.29, 1.82) is 0 Å². The second-order valence-electron chi connectivity index (χ2n) is 8.04. The van der Waals surface area contributed by atoms with Gasteiger partial charge in [0.15, 0.2) is 0 Å². The Morgan fingerprint density at radius 3 is 2.28 bits per heavy atom. The molecule has 0 fully saturated rings. The standard InChI is InChI=1S/C24H28FN5O2/c1-16(2)26-24(32)29(17(3)4)15-22(31)28-23-27-21(18-8-6-5-7-9-18)14-30(23)20-12-10-19(25)11-13-20/h5-14,16-17H,15H2,1-4H3,(H,26,32)(H,27,28,31). The van der Waals surface area contributed by atoms with Crippen LogP contribution in [-0.4, -0.2) is 45.0 Å². The first-order valence-corrected chi connectivity index (χ1v) is 10.5. The number of halogens is 1. The van der Waals surface area contributed by atoms with E-state index in [1.54, 1.807) is 22.9 Å². The van der Waals surface area contributed by atoms with Gasteiger partial charge in [-0.1, -0.05) is 30.3 Å². The summed E-state index contributed by atoms with van der Waals surface area (Å²) in [4.78, 5) is 31.4. The Kier molecular flexibility index (Phi) is 7.25. The maximum Gasteiger partial charge on any atom is 0.318 e. The van der Waals surface area contributed by atoms with E-state index in [0.717, 1.165) is 5.56 Å². The first-order valence-electron chi connectivity index (χ1n) is 10.5. The number of nitrogens with zero attached hydrogens (tertiary/aromatic N) is 3. The van der Waals surface area contributed by atoms with Crippen molar-refractivity contribution in [3.8, 4) is 16.9 Å². The maximum atomic E-state index is 13.4. The summed E-state index contributed by atoms with van der Waals surface area (Å²) in [5.41, 5.74) is 2.18. The second-order valence-corrected chi connectivity index (χ2v) is 8.04. The van der Waals surface area contributed by atoms with Crippen LogP contribution in [0.3, 0.4) is 0 Å². The number of benzene rings is 2. The molecule has 1 heterocycles. The fraction of sp³-hybridized carbons (Fsp3) is 0.292. The number of imidazole rings is 1. The highest BCUT2D eigenvalue weighted by Gasteiger charge is 2.22. The number of anilines is 1. The molecule has 0 aliphatic carbocycles. The number of carbonyl (C=O) groups is 2. The third-order valence-corrected chi connectivity index (χ3v) is 4.74. The fourth-order valence-electron chi connectivity index (χ4n) is 3.15. The molecule has 7 nitrogen and oxygen atoms in total. The van der Waals surface area contributed by atoms with Gasteiger partial charge in [-0.15, -0.1) is 0 Å². The third kappa shape index (κ3) is 5.72. The first kappa shape index (κ1) is 23.0. The summed E-state index contributed by atoms with van der Waals surface area (Å²) in [6.45, 7) is 7.29. The van der Waals surface area contributed by atoms with Gasteiger partial charge in [0, 0.05) is 29.5 Å². The molecule has 1 aromatic heterocycles. The average molecular weight is 438 g/mol. The van der Waals surface area contributed by atoms with Gasteiger partial charge in [-0.3, -0.25) is 14.7 Å². The molecular weight excluding hydrogens is 409 g/mol. The zero-order chi connectivity index (χ0) is 23.3. The molecule has 32 heavy (non-hydrogen) atoms. The lowest BCUT2D eigenvalue weighted by Gasteiger charge is -2.27. The summed E-state index contributed by atoms with van der Waals surface area (Å²) in [5.74, 6) is -0.453. The zero-order valence-electron chi connectivity index (χ0n) is 18.7. The molecule has 0 atom stereocenters. The van der Waals surface area contributed by atoms with E-state index >= 15 is 0 Å². The van der Waals surface area contributed by atoms with Crippen LogP contribution in [0.5, 0.6) is 0 Å². The van der Waals surface area contributed by atoms with Crippen molar-refractivity contribution in [3.63, 3.8) is 0 Å². The number of rotatable bonds is 7. The van der Waals surface area contributed by atoms with Crippen LogP contribution in [0.2, 0.25) is 0 Å². The van der Waals surface area contributed by atoms with Crippen LogP contribution in [0.4, 0.5) is 15.1 Å². The Labute approximate surface area is 187 Å². The topological polar surface area (TPSA) is 79.3 Å². The van der Waals surface area contributed by atoms with Crippen molar-refractivity contribution in [2.75, 3.05) is 11.9 Å². The molecule has 0 aliphatic heterocycles. The highest BCUT2D eigenvalue weighted by Crippen LogP contribution is 2.24. The van der Waals surface area contributed by atoms with Crippen molar-refractivity contribution in [3.05, 3.63) is 66.6 Å². The third-order valence-electron chi connectivity index (χ3n) is 4.74. The molecule has 0 saturated carbocycles. The Morgan fingerprint density at radius 2 is 1.69 bits per heavy atom. The van der Waals surface area contributed by atoms with E-state index in [2.05, 4.69) is 15.6 Å². The second kappa shape index (κ2) is 10.1. The molecule has 8 heteroatoms. The van der Waals surface area contributed by atoms with Crippen LogP contribution in [0.15, 0.2) is 60.8 Å². The summed E-state index contributed by atoms with van der Waals surface area (Å²) < 4.78 is 15.1. The maximum absolute atomic E-state index is 13.4. The SMILES string of the molecule is CC(C)NC(=O)N(CC(=O)Nc1nc(-c2ccccc2)cn1-c1ccc(F)cc1)C(C)C. The summed E-state index contributed by atoms with van der Waals surface area (Å²) in [7, 11) is 0. The minimum absolute atomic E-state index is 0.0439. The van der Waals surface area contributed by atoms with E-state index in [9.17, 15) is 14.0 Å². The van der Waals surface area contributed by atoms with Crippen molar-refractivity contribution >= 4 is 17.9 Å². The van der Waals surface area contributed by atoms with E-state index in [-0.39, 0.29) is 42.3 Å². The first-order chi connectivity index (χ1) is 15.2. The van der Waals surface area contributed by atoms with Crippen LogP contribution in [0.1, 0.15) is 27.7 Å². The van der Waals surface area contributed by atoms with Crippen LogP contribution in [-0.2, 0) is 4.79 Å². The molecular formula is C24H28FN5O2. The van der Waals surface area contributed by atoms with Gasteiger partial charge in [-0.05, 0) is 52.0 Å². The smallest absolute Gasteiger partial charge is 0.318 e. The van der Waals surface area contributed by atoms with E-state index in [4.69, 9.17) is 0 Å². The van der Waals surface area contributed by atoms with Crippen LogP contribution >= 0.6 is 0 Å². The molecule has 3 amide bonds. The van der Waals surface area contributed by atoms with Crippen molar-refractivity contribution in [2.24, 2.45) is 0 Å². The number of urea groups is 1. The molecule has 0 radical (unpaired) electrons. The van der Waals surface area contributed by atoms with Crippen LogP contribution < -0.4 is 10.6 Å². The predicted molar refractivity (Wildman–Crippen MR) is 123 cm³/mol. The van der Waals surface area contributed by atoms with Gasteiger partial charge in [0.05, 0.1) is 5.69 Å². The molecule has 0 aliphatic rings. The molecule has 0 bridgehead atoms. The number of hydrogen-bond acceptors (Lipinski definition) is 3. The molecule has 3 aromatic rings. The number of aromatic nitrogens is 2. The minimum Gasteiger partial charge on any atom is -0.336 e. The number of hydrogen-bond donors (Lipinski definition) is 2. The predicted octanol–water partition coefficient (Wildman–Crippen LogP) is 4.45. The van der Waals surface area contributed by atoms with Gasteiger partial charge >= 0.3 is 6.03 Å². The Balaban J connectivity index is 1.88. The van der Waals surface area contributed by atoms with Crippen LogP contribution in [0.25, 0.3) is 16.9 Å². The quantitative estimate of drug-likeness (QED) is 0.573.